The van der Waals surface area contributed by atoms with E-state index in [-0.39, 0.29) is 0 Å². The van der Waals surface area contributed by atoms with Crippen LogP contribution in [0.5, 0.6) is 0 Å². The number of carboxylic acids is 1. The summed E-state index contributed by atoms with van der Waals surface area (Å²) in [6, 6.07) is 0. The fourth-order valence-corrected chi connectivity index (χ4v) is 0.593. The van der Waals surface area contributed by atoms with E-state index in [2.05, 4.69) is 11.8 Å². The highest BCUT2D eigenvalue weighted by molar-refractivity contribution is 5.86. The fourth-order valence-electron chi connectivity index (χ4n) is 0.593. The maximum atomic E-state index is 9.83. The summed E-state index contributed by atoms with van der Waals surface area (Å²) in [5.41, 5.74) is 0. The zero-order valence-electron chi connectivity index (χ0n) is 5.05. The van der Waals surface area contributed by atoms with Crippen molar-refractivity contribution in [3.8, 4) is 11.8 Å². The molecule has 1 aliphatic carbocycles. The summed E-state index contributed by atoms with van der Waals surface area (Å²) in [6.07, 6.45) is 3.23. The Morgan fingerprint density at radius 1 is 1.67 bits per heavy atom. The first-order valence-corrected chi connectivity index (χ1v) is 3.01. The summed E-state index contributed by atoms with van der Waals surface area (Å²) >= 11 is 0. The highest BCUT2D eigenvalue weighted by atomic mass is 16.4. The number of aliphatic carboxylic acids is 1. The van der Waals surface area contributed by atoms with Crippen LogP contribution in [0.15, 0.2) is 0 Å². The van der Waals surface area contributed by atoms with Gasteiger partial charge in [-0.3, -0.25) is 0 Å². The normalized spacial score (nSPS) is 16.0. The van der Waals surface area contributed by atoms with Gasteiger partial charge in [0.05, 0.1) is 0 Å². The molecule has 0 aromatic carbocycles. The molecule has 9 heavy (non-hydrogen) atoms. The average Bonchev–Trinajstić information content (AvgIpc) is 2.48. The third-order valence-electron chi connectivity index (χ3n) is 1.28. The van der Waals surface area contributed by atoms with Gasteiger partial charge in [-0.2, -0.15) is 0 Å². The molecular weight excluding hydrogens is 116 g/mol. The van der Waals surface area contributed by atoms with Crippen LogP contribution < -0.4 is 0 Å². The summed E-state index contributed by atoms with van der Waals surface area (Å²) in [5.74, 6) is 4.37. The Balaban J connectivity index is 2.16. The van der Waals surface area contributed by atoms with Crippen molar-refractivity contribution in [1.29, 1.82) is 0 Å². The first kappa shape index (κ1) is 6.15. The van der Waals surface area contributed by atoms with Gasteiger partial charge < -0.3 is 5.11 Å². The third-order valence-corrected chi connectivity index (χ3v) is 1.28. The number of carbonyl (C=O) groups is 1. The Kier molecular flexibility index (Phi) is 1.74. The molecule has 0 radical (unpaired) electrons. The van der Waals surface area contributed by atoms with E-state index in [0.717, 1.165) is 6.42 Å². The molecule has 1 saturated carbocycles. The van der Waals surface area contributed by atoms with Crippen molar-refractivity contribution >= 4 is 5.97 Å². The lowest BCUT2D eigenvalue weighted by molar-refractivity contribution is -0.130. The van der Waals surface area contributed by atoms with Gasteiger partial charge in [-0.15, -0.1) is 0 Å². The minimum Gasteiger partial charge on any atom is -0.472 e. The minimum absolute atomic E-state index is 0.705. The summed E-state index contributed by atoms with van der Waals surface area (Å²) in [6.45, 7) is 0. The van der Waals surface area contributed by atoms with Gasteiger partial charge in [-0.1, -0.05) is 5.92 Å². The molecule has 1 rings (SSSR count). The Morgan fingerprint density at radius 2 is 2.33 bits per heavy atom. The monoisotopic (exact) mass is 124 g/mol. The van der Waals surface area contributed by atoms with Crippen molar-refractivity contribution in [2.24, 2.45) is 5.92 Å². The molecule has 0 saturated heterocycles. The van der Waals surface area contributed by atoms with Gasteiger partial charge >= 0.3 is 5.97 Å². The van der Waals surface area contributed by atoms with Crippen LogP contribution in [0.2, 0.25) is 0 Å². The van der Waals surface area contributed by atoms with E-state index in [1.54, 1.807) is 0 Å². The lowest BCUT2D eigenvalue weighted by Gasteiger charge is -1.77. The zero-order valence-corrected chi connectivity index (χ0v) is 5.05. The van der Waals surface area contributed by atoms with Crippen LogP contribution in [0.25, 0.3) is 0 Å². The van der Waals surface area contributed by atoms with Crippen LogP contribution in [0.3, 0.4) is 0 Å². The van der Waals surface area contributed by atoms with E-state index < -0.39 is 5.97 Å². The molecule has 0 aromatic rings. The molecule has 0 bridgehead atoms. The quantitative estimate of drug-likeness (QED) is 0.527. The van der Waals surface area contributed by atoms with Gasteiger partial charge in [0.25, 0.3) is 0 Å². The first-order chi connectivity index (χ1) is 4.29. The predicted molar refractivity (Wildman–Crippen MR) is 32.8 cm³/mol. The molecule has 48 valence electrons. The Bertz CT molecular complexity index is 169. The topological polar surface area (TPSA) is 37.3 Å². The van der Waals surface area contributed by atoms with Crippen molar-refractivity contribution in [2.45, 2.75) is 19.3 Å². The second-order valence-electron chi connectivity index (χ2n) is 2.25. The van der Waals surface area contributed by atoms with Crippen molar-refractivity contribution in [2.75, 3.05) is 0 Å². The van der Waals surface area contributed by atoms with Crippen LogP contribution >= 0.6 is 0 Å². The lowest BCUT2D eigenvalue weighted by atomic mass is 10.3. The van der Waals surface area contributed by atoms with Gasteiger partial charge in [-0.05, 0) is 18.8 Å². The highest BCUT2D eigenvalue weighted by Crippen LogP contribution is 2.31. The summed E-state index contributed by atoms with van der Waals surface area (Å²) in [5, 5.41) is 8.07. The van der Waals surface area contributed by atoms with Gasteiger partial charge in [0.2, 0.25) is 0 Å². The predicted octanol–water partition coefficient (Wildman–Crippen LogP) is 0.875. The third kappa shape index (κ3) is 2.76. The number of hydrogen-bond donors (Lipinski definition) is 1. The molecule has 1 N–H and O–H groups in total. The van der Waals surface area contributed by atoms with Gasteiger partial charge in [0, 0.05) is 12.3 Å². The summed E-state index contributed by atoms with van der Waals surface area (Å²) < 4.78 is 0. The van der Waals surface area contributed by atoms with Crippen LogP contribution in [0, 0.1) is 17.8 Å². The first-order valence-electron chi connectivity index (χ1n) is 3.01. The number of hydrogen-bond acceptors (Lipinski definition) is 1. The second kappa shape index (κ2) is 2.54. The number of carboxylic acid groups (broad SMARTS) is 1. The van der Waals surface area contributed by atoms with E-state index in [0.29, 0.717) is 5.92 Å². The zero-order chi connectivity index (χ0) is 6.69. The molecule has 0 amide bonds. The van der Waals surface area contributed by atoms with E-state index in [1.807, 2.05) is 0 Å². The molecule has 2 nitrogen and oxygen atoms in total. The van der Waals surface area contributed by atoms with Crippen LogP contribution in [0.4, 0.5) is 0 Å². The average molecular weight is 124 g/mol. The number of rotatable bonds is 1. The van der Waals surface area contributed by atoms with Crippen molar-refractivity contribution in [3.05, 3.63) is 0 Å². The smallest absolute Gasteiger partial charge is 0.381 e. The Labute approximate surface area is 53.9 Å². The van der Waals surface area contributed by atoms with Gasteiger partial charge in [-0.25, -0.2) is 4.79 Å². The van der Waals surface area contributed by atoms with Crippen LogP contribution in [0.1, 0.15) is 19.3 Å². The maximum Gasteiger partial charge on any atom is 0.381 e. The molecule has 0 atom stereocenters. The van der Waals surface area contributed by atoms with E-state index in [1.165, 1.54) is 12.8 Å². The molecule has 0 spiro atoms. The molecule has 0 heterocycles. The Hall–Kier alpha value is -0.970. The van der Waals surface area contributed by atoms with Crippen molar-refractivity contribution < 1.29 is 9.90 Å². The van der Waals surface area contributed by atoms with Gasteiger partial charge in [0.1, 0.15) is 0 Å². The van der Waals surface area contributed by atoms with E-state index >= 15 is 0 Å². The van der Waals surface area contributed by atoms with Gasteiger partial charge in [0.15, 0.2) is 0 Å². The van der Waals surface area contributed by atoms with Crippen molar-refractivity contribution in [3.63, 3.8) is 0 Å². The molecule has 0 aromatic heterocycles. The van der Waals surface area contributed by atoms with E-state index in [9.17, 15) is 4.79 Å². The lowest BCUT2D eigenvalue weighted by Crippen LogP contribution is -1.86. The minimum atomic E-state index is -1.02. The molecule has 1 aliphatic rings. The highest BCUT2D eigenvalue weighted by Gasteiger charge is 2.19. The largest absolute Gasteiger partial charge is 0.472 e. The summed E-state index contributed by atoms with van der Waals surface area (Å²) in [7, 11) is 0. The molecular formula is C7H8O2. The second-order valence-corrected chi connectivity index (χ2v) is 2.25. The van der Waals surface area contributed by atoms with Crippen LogP contribution in [-0.4, -0.2) is 11.1 Å². The molecule has 0 unspecified atom stereocenters. The van der Waals surface area contributed by atoms with Crippen LogP contribution in [-0.2, 0) is 4.79 Å². The summed E-state index contributed by atoms with van der Waals surface area (Å²) in [4.78, 5) is 9.83. The molecule has 0 aliphatic heterocycles. The Morgan fingerprint density at radius 3 is 2.78 bits per heavy atom. The standard InChI is InChI=1S/C7H8O2/c8-7(9)3-1-2-6-4-5-6/h6H,2,4-5H2,(H,8,9). The van der Waals surface area contributed by atoms with Crippen molar-refractivity contribution in [1.82, 2.24) is 0 Å². The fraction of sp³-hybridized carbons (Fsp3) is 0.571. The SMILES string of the molecule is O=C(O)C#CCC1CC1. The molecule has 1 fully saturated rings. The molecule has 2 heteroatoms. The van der Waals surface area contributed by atoms with E-state index in [4.69, 9.17) is 5.11 Å². The maximum absolute atomic E-state index is 9.83.